The summed E-state index contributed by atoms with van der Waals surface area (Å²) in [5, 5.41) is 2.57. The number of nitrogen functional groups attached to an aromatic ring is 2. The van der Waals surface area contributed by atoms with E-state index in [0.29, 0.717) is 17.9 Å². The van der Waals surface area contributed by atoms with Gasteiger partial charge in [0.15, 0.2) is 0 Å². The predicted octanol–water partition coefficient (Wildman–Crippen LogP) is 0.339. The molecule has 0 saturated heterocycles. The van der Waals surface area contributed by atoms with Crippen LogP contribution in [0, 0.1) is 11.8 Å². The molecule has 0 fully saturated rings. The Balaban J connectivity index is 2.64. The van der Waals surface area contributed by atoms with Gasteiger partial charge >= 0.3 is 0 Å². The van der Waals surface area contributed by atoms with Gasteiger partial charge in [-0.25, -0.2) is 0 Å². The maximum absolute atomic E-state index is 10.5. The molecule has 0 aliphatic heterocycles. The average Bonchev–Trinajstić information content (AvgIpc) is 2.18. The monoisotopic (exact) mass is 203 g/mol. The number of rotatable bonds is 1. The molecular formula is C11H13N3O. The van der Waals surface area contributed by atoms with Crippen LogP contribution in [0.25, 0.3) is 0 Å². The molecule has 0 unspecified atom stereocenters. The average molecular weight is 203 g/mol. The van der Waals surface area contributed by atoms with Gasteiger partial charge in [0.05, 0.1) is 17.9 Å². The first kappa shape index (κ1) is 10.9. The lowest BCUT2D eigenvalue weighted by molar-refractivity contribution is -0.118. The third-order valence-corrected chi connectivity index (χ3v) is 1.75. The van der Waals surface area contributed by atoms with Crippen molar-refractivity contribution in [1.29, 1.82) is 0 Å². The van der Waals surface area contributed by atoms with E-state index < -0.39 is 0 Å². The minimum atomic E-state index is -0.0962. The van der Waals surface area contributed by atoms with Crippen LogP contribution in [0.1, 0.15) is 12.5 Å². The summed E-state index contributed by atoms with van der Waals surface area (Å²) in [6.07, 6.45) is 0. The van der Waals surface area contributed by atoms with E-state index in [1.165, 1.54) is 6.92 Å². The summed E-state index contributed by atoms with van der Waals surface area (Å²) in [6.45, 7) is 1.78. The van der Waals surface area contributed by atoms with Crippen molar-refractivity contribution in [1.82, 2.24) is 5.32 Å². The Morgan fingerprint density at radius 2 is 2.13 bits per heavy atom. The molecule has 1 aromatic carbocycles. The Morgan fingerprint density at radius 3 is 2.73 bits per heavy atom. The Hall–Kier alpha value is -2.15. The quantitative estimate of drug-likeness (QED) is 0.454. The number of hydrogen-bond acceptors (Lipinski definition) is 3. The van der Waals surface area contributed by atoms with Crippen molar-refractivity contribution >= 4 is 17.3 Å². The zero-order valence-corrected chi connectivity index (χ0v) is 8.50. The topological polar surface area (TPSA) is 81.1 Å². The molecule has 4 nitrogen and oxygen atoms in total. The molecular weight excluding hydrogens is 190 g/mol. The summed E-state index contributed by atoms with van der Waals surface area (Å²) in [4.78, 5) is 10.5. The summed E-state index contributed by atoms with van der Waals surface area (Å²) in [5.41, 5.74) is 13.0. The van der Waals surface area contributed by atoms with E-state index in [9.17, 15) is 4.79 Å². The van der Waals surface area contributed by atoms with Crippen molar-refractivity contribution < 1.29 is 4.79 Å². The van der Waals surface area contributed by atoms with E-state index in [1.54, 1.807) is 18.2 Å². The zero-order chi connectivity index (χ0) is 11.3. The highest BCUT2D eigenvalue weighted by Crippen LogP contribution is 2.14. The molecule has 0 aromatic heterocycles. The standard InChI is InChI=1S/C11H13N3O/c1-8(15)14-6-2-3-9-4-5-10(12)11(13)7-9/h4-5,7H,6,12-13H2,1H3,(H,14,15). The first-order valence-corrected chi connectivity index (χ1v) is 4.48. The molecule has 1 amide bonds. The van der Waals surface area contributed by atoms with Crippen molar-refractivity contribution in [3.05, 3.63) is 23.8 Å². The van der Waals surface area contributed by atoms with E-state index in [-0.39, 0.29) is 5.91 Å². The molecule has 0 aliphatic rings. The number of nitrogens with one attached hydrogen (secondary N) is 1. The Bertz CT molecular complexity index is 429. The first-order chi connectivity index (χ1) is 7.09. The lowest BCUT2D eigenvalue weighted by atomic mass is 10.2. The molecule has 0 saturated carbocycles. The maximum Gasteiger partial charge on any atom is 0.217 e. The van der Waals surface area contributed by atoms with E-state index in [2.05, 4.69) is 17.2 Å². The van der Waals surface area contributed by atoms with E-state index in [4.69, 9.17) is 11.5 Å². The van der Waals surface area contributed by atoms with Crippen molar-refractivity contribution in [3.8, 4) is 11.8 Å². The van der Waals surface area contributed by atoms with Gasteiger partial charge in [-0.05, 0) is 18.2 Å². The number of anilines is 2. The van der Waals surface area contributed by atoms with Gasteiger partial charge in [-0.1, -0.05) is 11.8 Å². The molecule has 0 heterocycles. The van der Waals surface area contributed by atoms with Crippen molar-refractivity contribution in [2.45, 2.75) is 6.92 Å². The lowest BCUT2D eigenvalue weighted by Crippen LogP contribution is -2.19. The zero-order valence-electron chi connectivity index (χ0n) is 8.50. The fourth-order valence-corrected chi connectivity index (χ4v) is 0.967. The highest BCUT2D eigenvalue weighted by Gasteiger charge is 1.93. The van der Waals surface area contributed by atoms with Gasteiger partial charge in [-0.2, -0.15) is 0 Å². The van der Waals surface area contributed by atoms with Crippen LogP contribution < -0.4 is 16.8 Å². The third-order valence-electron chi connectivity index (χ3n) is 1.75. The lowest BCUT2D eigenvalue weighted by Gasteiger charge is -1.98. The van der Waals surface area contributed by atoms with Gasteiger partial charge in [0.1, 0.15) is 0 Å². The second-order valence-corrected chi connectivity index (χ2v) is 3.06. The van der Waals surface area contributed by atoms with Crippen molar-refractivity contribution in [2.24, 2.45) is 0 Å². The van der Waals surface area contributed by atoms with Crippen LogP contribution in [0.4, 0.5) is 11.4 Å². The Labute approximate surface area is 88.6 Å². The molecule has 0 bridgehead atoms. The number of benzene rings is 1. The van der Waals surface area contributed by atoms with Crippen LogP contribution in [0.5, 0.6) is 0 Å². The normalized spacial score (nSPS) is 8.87. The van der Waals surface area contributed by atoms with Gasteiger partial charge in [-0.3, -0.25) is 4.79 Å². The van der Waals surface area contributed by atoms with Crippen LogP contribution in [0.3, 0.4) is 0 Å². The summed E-state index contributed by atoms with van der Waals surface area (Å²) < 4.78 is 0. The minimum Gasteiger partial charge on any atom is -0.397 e. The smallest absolute Gasteiger partial charge is 0.217 e. The van der Waals surface area contributed by atoms with Gasteiger partial charge in [0, 0.05) is 12.5 Å². The van der Waals surface area contributed by atoms with Crippen LogP contribution in [-0.4, -0.2) is 12.5 Å². The van der Waals surface area contributed by atoms with Crippen LogP contribution in [0.15, 0.2) is 18.2 Å². The number of nitrogens with two attached hydrogens (primary N) is 2. The molecule has 1 rings (SSSR count). The summed E-state index contributed by atoms with van der Waals surface area (Å²) >= 11 is 0. The van der Waals surface area contributed by atoms with Gasteiger partial charge in [-0.15, -0.1) is 0 Å². The Kier molecular flexibility index (Phi) is 3.58. The molecule has 78 valence electrons. The summed E-state index contributed by atoms with van der Waals surface area (Å²) in [5.74, 6) is 5.57. The first-order valence-electron chi connectivity index (χ1n) is 4.48. The van der Waals surface area contributed by atoms with Crippen LogP contribution in [0.2, 0.25) is 0 Å². The molecule has 5 N–H and O–H groups in total. The molecule has 4 heteroatoms. The summed E-state index contributed by atoms with van der Waals surface area (Å²) in [6, 6.07) is 5.19. The molecule has 0 atom stereocenters. The minimum absolute atomic E-state index is 0.0962. The predicted molar refractivity (Wildman–Crippen MR) is 60.8 cm³/mol. The third kappa shape index (κ3) is 3.61. The van der Waals surface area contributed by atoms with Crippen molar-refractivity contribution in [3.63, 3.8) is 0 Å². The van der Waals surface area contributed by atoms with Gasteiger partial charge in [0.2, 0.25) is 5.91 Å². The molecule has 1 aromatic rings. The van der Waals surface area contributed by atoms with Crippen LogP contribution in [-0.2, 0) is 4.79 Å². The fraction of sp³-hybridized carbons (Fsp3) is 0.182. The highest BCUT2D eigenvalue weighted by atomic mass is 16.1. The molecule has 0 radical (unpaired) electrons. The maximum atomic E-state index is 10.5. The number of amides is 1. The second kappa shape index (κ2) is 4.91. The molecule has 15 heavy (non-hydrogen) atoms. The van der Waals surface area contributed by atoms with E-state index in [0.717, 1.165) is 5.56 Å². The number of carbonyl (C=O) groups excluding carboxylic acids is 1. The van der Waals surface area contributed by atoms with Gasteiger partial charge in [0.25, 0.3) is 0 Å². The van der Waals surface area contributed by atoms with Gasteiger partial charge < -0.3 is 16.8 Å². The molecule has 0 spiro atoms. The second-order valence-electron chi connectivity index (χ2n) is 3.06. The SMILES string of the molecule is CC(=O)NCC#Cc1ccc(N)c(N)c1. The van der Waals surface area contributed by atoms with Crippen LogP contribution >= 0.6 is 0 Å². The number of hydrogen-bond donors (Lipinski definition) is 3. The summed E-state index contributed by atoms with van der Waals surface area (Å²) in [7, 11) is 0. The fourth-order valence-electron chi connectivity index (χ4n) is 0.967. The van der Waals surface area contributed by atoms with E-state index in [1.807, 2.05) is 0 Å². The largest absolute Gasteiger partial charge is 0.397 e. The van der Waals surface area contributed by atoms with E-state index >= 15 is 0 Å². The number of carbonyl (C=O) groups is 1. The molecule has 0 aliphatic carbocycles. The Morgan fingerprint density at radius 1 is 1.40 bits per heavy atom. The highest BCUT2D eigenvalue weighted by molar-refractivity contribution is 5.73. The van der Waals surface area contributed by atoms with Crippen molar-refractivity contribution in [2.75, 3.05) is 18.0 Å².